The maximum Gasteiger partial charge on any atom is 0.0584 e. The highest BCUT2D eigenvalue weighted by Crippen LogP contribution is 2.05. The third-order valence-corrected chi connectivity index (χ3v) is 2.06. The van der Waals surface area contributed by atoms with Crippen molar-refractivity contribution in [1.29, 1.82) is 0 Å². The lowest BCUT2D eigenvalue weighted by Crippen LogP contribution is -2.39. The molecule has 2 heteroatoms. The minimum absolute atomic E-state index is 0.249. The Labute approximate surface area is 76.4 Å². The van der Waals surface area contributed by atoms with Crippen LogP contribution in [0.1, 0.15) is 40.5 Å². The fourth-order valence-corrected chi connectivity index (χ4v) is 1.48. The Morgan fingerprint density at radius 3 is 2.17 bits per heavy atom. The zero-order chi connectivity index (χ0) is 9.56. The van der Waals surface area contributed by atoms with Crippen LogP contribution >= 0.6 is 0 Å². The van der Waals surface area contributed by atoms with Gasteiger partial charge in [-0.2, -0.15) is 0 Å². The minimum Gasteiger partial charge on any atom is -0.395 e. The molecule has 0 bridgehead atoms. The van der Waals surface area contributed by atoms with E-state index in [1.165, 1.54) is 6.42 Å². The predicted octanol–water partition coefficient (Wildman–Crippen LogP) is 1.78. The van der Waals surface area contributed by atoms with Crippen molar-refractivity contribution in [3.8, 4) is 0 Å². The standard InChI is InChI=1S/C10H23NO/c1-5-10(7-12)11-9(4)6-8(2)3/h8-12H,5-7H2,1-4H3/t9-,10-/m1/s1. The van der Waals surface area contributed by atoms with E-state index < -0.39 is 0 Å². The second kappa shape index (κ2) is 6.44. The molecule has 0 amide bonds. The molecule has 0 aromatic heterocycles. The summed E-state index contributed by atoms with van der Waals surface area (Å²) in [5.41, 5.74) is 0. The first-order valence-electron chi connectivity index (χ1n) is 4.97. The van der Waals surface area contributed by atoms with E-state index in [-0.39, 0.29) is 12.6 Å². The quantitative estimate of drug-likeness (QED) is 0.641. The van der Waals surface area contributed by atoms with Gasteiger partial charge >= 0.3 is 0 Å². The monoisotopic (exact) mass is 173 g/mol. The zero-order valence-electron chi connectivity index (χ0n) is 8.80. The molecule has 0 saturated carbocycles. The Morgan fingerprint density at radius 1 is 1.25 bits per heavy atom. The number of rotatable bonds is 6. The second-order valence-electron chi connectivity index (χ2n) is 3.99. The fraction of sp³-hybridized carbons (Fsp3) is 1.00. The average molecular weight is 173 g/mol. The maximum atomic E-state index is 8.95. The van der Waals surface area contributed by atoms with E-state index in [9.17, 15) is 0 Å². The molecule has 0 aliphatic rings. The van der Waals surface area contributed by atoms with Gasteiger partial charge in [0.05, 0.1) is 6.61 Å². The van der Waals surface area contributed by atoms with E-state index in [0.717, 1.165) is 12.3 Å². The van der Waals surface area contributed by atoms with Gasteiger partial charge in [-0.3, -0.25) is 0 Å². The topological polar surface area (TPSA) is 32.3 Å². The van der Waals surface area contributed by atoms with E-state index >= 15 is 0 Å². The van der Waals surface area contributed by atoms with Crippen molar-refractivity contribution in [3.05, 3.63) is 0 Å². The summed E-state index contributed by atoms with van der Waals surface area (Å²) in [7, 11) is 0. The van der Waals surface area contributed by atoms with E-state index in [4.69, 9.17) is 5.11 Å². The van der Waals surface area contributed by atoms with Gasteiger partial charge in [-0.25, -0.2) is 0 Å². The van der Waals surface area contributed by atoms with E-state index in [0.29, 0.717) is 6.04 Å². The average Bonchev–Trinajstić information content (AvgIpc) is 1.98. The van der Waals surface area contributed by atoms with E-state index in [1.807, 2.05) is 0 Å². The number of aliphatic hydroxyl groups excluding tert-OH is 1. The normalized spacial score (nSPS) is 16.5. The lowest BCUT2D eigenvalue weighted by molar-refractivity contribution is 0.224. The molecule has 0 rings (SSSR count). The van der Waals surface area contributed by atoms with Gasteiger partial charge < -0.3 is 10.4 Å². The van der Waals surface area contributed by atoms with Crippen LogP contribution in [0.15, 0.2) is 0 Å². The molecule has 2 N–H and O–H groups in total. The van der Waals surface area contributed by atoms with Gasteiger partial charge in [-0.15, -0.1) is 0 Å². The van der Waals surface area contributed by atoms with Gasteiger partial charge in [0.1, 0.15) is 0 Å². The van der Waals surface area contributed by atoms with Crippen molar-refractivity contribution in [2.24, 2.45) is 5.92 Å². The van der Waals surface area contributed by atoms with E-state index in [1.54, 1.807) is 0 Å². The van der Waals surface area contributed by atoms with Crippen molar-refractivity contribution >= 4 is 0 Å². The predicted molar refractivity (Wildman–Crippen MR) is 53.2 cm³/mol. The largest absolute Gasteiger partial charge is 0.395 e. The number of hydrogen-bond acceptors (Lipinski definition) is 2. The minimum atomic E-state index is 0.249. The van der Waals surface area contributed by atoms with Crippen molar-refractivity contribution in [2.45, 2.75) is 52.6 Å². The van der Waals surface area contributed by atoms with Crippen molar-refractivity contribution < 1.29 is 5.11 Å². The lowest BCUT2D eigenvalue weighted by Gasteiger charge is -2.21. The highest BCUT2D eigenvalue weighted by atomic mass is 16.3. The van der Waals surface area contributed by atoms with Gasteiger partial charge in [0.15, 0.2) is 0 Å². The van der Waals surface area contributed by atoms with Crippen LogP contribution in [0.3, 0.4) is 0 Å². The summed E-state index contributed by atoms with van der Waals surface area (Å²) in [4.78, 5) is 0. The first-order chi connectivity index (χ1) is 5.60. The van der Waals surface area contributed by atoms with Crippen LogP contribution in [-0.2, 0) is 0 Å². The molecule has 12 heavy (non-hydrogen) atoms. The maximum absolute atomic E-state index is 8.95. The number of aliphatic hydroxyl groups is 1. The highest BCUT2D eigenvalue weighted by Gasteiger charge is 2.09. The molecular formula is C10H23NO. The molecule has 0 fully saturated rings. The van der Waals surface area contributed by atoms with Gasteiger partial charge in [0, 0.05) is 12.1 Å². The molecule has 0 aromatic carbocycles. The molecule has 0 heterocycles. The molecule has 0 spiro atoms. The third kappa shape index (κ3) is 5.56. The van der Waals surface area contributed by atoms with Crippen LogP contribution in [0.5, 0.6) is 0 Å². The van der Waals surface area contributed by atoms with Gasteiger partial charge in [-0.05, 0) is 25.7 Å². The zero-order valence-corrected chi connectivity index (χ0v) is 8.80. The van der Waals surface area contributed by atoms with Gasteiger partial charge in [0.2, 0.25) is 0 Å². The SMILES string of the molecule is CC[C@H](CO)N[C@H](C)CC(C)C. The summed E-state index contributed by atoms with van der Waals surface area (Å²) in [6.45, 7) is 8.96. The number of nitrogens with one attached hydrogen (secondary N) is 1. The van der Waals surface area contributed by atoms with Crippen LogP contribution in [0, 0.1) is 5.92 Å². The summed E-state index contributed by atoms with van der Waals surface area (Å²) < 4.78 is 0. The smallest absolute Gasteiger partial charge is 0.0584 e. The summed E-state index contributed by atoms with van der Waals surface area (Å²) in [5, 5.41) is 12.3. The second-order valence-corrected chi connectivity index (χ2v) is 3.99. The molecule has 2 nitrogen and oxygen atoms in total. The summed E-state index contributed by atoms with van der Waals surface area (Å²) in [6, 6.07) is 0.792. The van der Waals surface area contributed by atoms with Crippen LogP contribution < -0.4 is 5.32 Å². The Hall–Kier alpha value is -0.0800. The molecule has 0 aromatic rings. The summed E-state index contributed by atoms with van der Waals surface area (Å²) in [6.07, 6.45) is 2.18. The molecule has 2 atom stereocenters. The lowest BCUT2D eigenvalue weighted by atomic mass is 10.0. The van der Waals surface area contributed by atoms with Crippen LogP contribution in [0.2, 0.25) is 0 Å². The fourth-order valence-electron chi connectivity index (χ4n) is 1.48. The molecule has 0 aliphatic heterocycles. The first-order valence-corrected chi connectivity index (χ1v) is 4.97. The molecule has 0 radical (unpaired) electrons. The Morgan fingerprint density at radius 2 is 1.83 bits per heavy atom. The van der Waals surface area contributed by atoms with Crippen LogP contribution in [-0.4, -0.2) is 23.8 Å². The van der Waals surface area contributed by atoms with Crippen molar-refractivity contribution in [3.63, 3.8) is 0 Å². The summed E-state index contributed by atoms with van der Waals surface area (Å²) in [5.74, 6) is 0.726. The highest BCUT2D eigenvalue weighted by molar-refractivity contribution is 4.70. The molecule has 74 valence electrons. The molecule has 0 aliphatic carbocycles. The molecular weight excluding hydrogens is 150 g/mol. The third-order valence-electron chi connectivity index (χ3n) is 2.06. The Balaban J connectivity index is 3.58. The summed E-state index contributed by atoms with van der Waals surface area (Å²) >= 11 is 0. The van der Waals surface area contributed by atoms with E-state index in [2.05, 4.69) is 33.0 Å². The first kappa shape index (κ1) is 11.9. The van der Waals surface area contributed by atoms with Crippen molar-refractivity contribution in [2.75, 3.05) is 6.61 Å². The molecule has 0 unspecified atom stereocenters. The van der Waals surface area contributed by atoms with Gasteiger partial charge in [-0.1, -0.05) is 20.8 Å². The number of hydrogen-bond donors (Lipinski definition) is 2. The molecule has 0 saturated heterocycles. The van der Waals surface area contributed by atoms with Gasteiger partial charge in [0.25, 0.3) is 0 Å². The van der Waals surface area contributed by atoms with Crippen molar-refractivity contribution in [1.82, 2.24) is 5.32 Å². The Kier molecular flexibility index (Phi) is 6.39. The van der Waals surface area contributed by atoms with Crippen LogP contribution in [0.4, 0.5) is 0 Å². The Bertz CT molecular complexity index is 100. The van der Waals surface area contributed by atoms with Crippen LogP contribution in [0.25, 0.3) is 0 Å².